The van der Waals surface area contributed by atoms with Crippen LogP contribution < -0.4 is 11.3 Å². The number of hydrogen-bond acceptors (Lipinski definition) is 4. The van der Waals surface area contributed by atoms with E-state index in [2.05, 4.69) is 41.6 Å². The predicted molar refractivity (Wildman–Crippen MR) is 83.9 cm³/mol. The highest BCUT2D eigenvalue weighted by Gasteiger charge is 2.11. The first-order chi connectivity index (χ1) is 10.1. The van der Waals surface area contributed by atoms with E-state index in [-0.39, 0.29) is 5.91 Å². The van der Waals surface area contributed by atoms with E-state index < -0.39 is 0 Å². The van der Waals surface area contributed by atoms with Crippen molar-refractivity contribution in [1.82, 2.24) is 9.88 Å². The molecule has 0 aliphatic carbocycles. The van der Waals surface area contributed by atoms with Crippen molar-refractivity contribution < 1.29 is 4.79 Å². The van der Waals surface area contributed by atoms with Crippen LogP contribution in [0.1, 0.15) is 21.5 Å². The number of nitrogens with two attached hydrogens (primary N) is 1. The summed E-state index contributed by atoms with van der Waals surface area (Å²) in [5, 5.41) is 0. The lowest BCUT2D eigenvalue weighted by molar-refractivity contribution is 0.0796. The summed E-state index contributed by atoms with van der Waals surface area (Å²) in [6, 6.07) is 11.8. The van der Waals surface area contributed by atoms with Gasteiger partial charge in [-0.2, -0.15) is 0 Å². The second-order valence-corrected chi connectivity index (χ2v) is 5.04. The highest BCUT2D eigenvalue weighted by Crippen LogP contribution is 2.08. The lowest BCUT2D eigenvalue weighted by Crippen LogP contribution is -2.29. The summed E-state index contributed by atoms with van der Waals surface area (Å²) < 4.78 is 0. The van der Waals surface area contributed by atoms with Gasteiger partial charge in [0, 0.05) is 19.8 Å². The first-order valence-corrected chi connectivity index (χ1v) is 6.84. The maximum Gasteiger partial charge on any atom is 0.255 e. The van der Waals surface area contributed by atoms with Gasteiger partial charge in [-0.25, -0.2) is 10.8 Å². The molecule has 0 saturated heterocycles. The number of carbonyl (C=O) groups is 1. The van der Waals surface area contributed by atoms with Gasteiger partial charge in [-0.3, -0.25) is 4.79 Å². The Kier molecular flexibility index (Phi) is 4.90. The van der Waals surface area contributed by atoms with Crippen LogP contribution >= 0.6 is 0 Å². The molecule has 5 heteroatoms. The Morgan fingerprint density at radius 1 is 1.24 bits per heavy atom. The number of likely N-dealkylation sites (N-methyl/N-ethyl adjacent to an activating group) is 1. The van der Waals surface area contributed by atoms with Crippen LogP contribution in [-0.4, -0.2) is 29.4 Å². The molecule has 0 aliphatic heterocycles. The first kappa shape index (κ1) is 15.0. The van der Waals surface area contributed by atoms with Crippen molar-refractivity contribution in [2.45, 2.75) is 13.3 Å². The molecule has 2 rings (SSSR count). The molecule has 5 nitrogen and oxygen atoms in total. The van der Waals surface area contributed by atoms with E-state index in [1.54, 1.807) is 24.1 Å². The van der Waals surface area contributed by atoms with Gasteiger partial charge in [0.2, 0.25) is 0 Å². The van der Waals surface area contributed by atoms with Crippen molar-refractivity contribution in [2.24, 2.45) is 5.84 Å². The summed E-state index contributed by atoms with van der Waals surface area (Å²) in [5.74, 6) is 5.74. The van der Waals surface area contributed by atoms with Gasteiger partial charge in [-0.15, -0.1) is 0 Å². The molecule has 1 aromatic heterocycles. The van der Waals surface area contributed by atoms with Gasteiger partial charge >= 0.3 is 0 Å². The monoisotopic (exact) mass is 284 g/mol. The fourth-order valence-corrected chi connectivity index (χ4v) is 1.98. The van der Waals surface area contributed by atoms with Gasteiger partial charge in [-0.05, 0) is 31.0 Å². The Morgan fingerprint density at radius 3 is 2.52 bits per heavy atom. The Morgan fingerprint density at radius 2 is 1.95 bits per heavy atom. The number of aromatic nitrogens is 1. The predicted octanol–water partition coefficient (Wildman–Crippen LogP) is 1.99. The second kappa shape index (κ2) is 6.85. The number of nitrogens with one attached hydrogen (secondary N) is 1. The van der Waals surface area contributed by atoms with Crippen LogP contribution in [0.5, 0.6) is 0 Å². The number of hydrogen-bond donors (Lipinski definition) is 2. The second-order valence-electron chi connectivity index (χ2n) is 5.04. The number of benzene rings is 1. The summed E-state index contributed by atoms with van der Waals surface area (Å²) in [7, 11) is 1.80. The van der Waals surface area contributed by atoms with Gasteiger partial charge in [0.05, 0.1) is 5.56 Å². The number of anilines is 1. The van der Waals surface area contributed by atoms with Crippen LogP contribution in [0.3, 0.4) is 0 Å². The van der Waals surface area contributed by atoms with Crippen LogP contribution in [0.2, 0.25) is 0 Å². The van der Waals surface area contributed by atoms with E-state index >= 15 is 0 Å². The maximum atomic E-state index is 12.3. The maximum absolute atomic E-state index is 12.3. The summed E-state index contributed by atoms with van der Waals surface area (Å²) in [6.45, 7) is 2.73. The molecule has 1 aromatic carbocycles. The van der Waals surface area contributed by atoms with Gasteiger partial charge in [-0.1, -0.05) is 29.8 Å². The standard InChI is InChI=1S/C16H20N4O/c1-12-3-5-13(6-4-12)9-10-20(2)16(21)14-7-8-15(19-17)18-11-14/h3-8,11H,9-10,17H2,1-2H3,(H,18,19). The lowest BCUT2D eigenvalue weighted by Gasteiger charge is -2.17. The molecule has 0 spiro atoms. The largest absolute Gasteiger partial charge is 0.341 e. The van der Waals surface area contributed by atoms with Gasteiger partial charge in [0.25, 0.3) is 5.91 Å². The molecule has 110 valence electrons. The quantitative estimate of drug-likeness (QED) is 0.650. The third-order valence-corrected chi connectivity index (χ3v) is 3.36. The molecule has 0 saturated carbocycles. The average Bonchev–Trinajstić information content (AvgIpc) is 2.53. The van der Waals surface area contributed by atoms with E-state index in [4.69, 9.17) is 5.84 Å². The Hall–Kier alpha value is -2.40. The van der Waals surface area contributed by atoms with Gasteiger partial charge in [0.1, 0.15) is 5.82 Å². The molecule has 0 fully saturated rings. The number of amides is 1. The summed E-state index contributed by atoms with van der Waals surface area (Å²) in [4.78, 5) is 18.0. The smallest absolute Gasteiger partial charge is 0.255 e. The van der Waals surface area contributed by atoms with Crippen LogP contribution in [0.15, 0.2) is 42.6 Å². The molecular weight excluding hydrogens is 264 g/mol. The molecule has 0 radical (unpaired) electrons. The zero-order valence-corrected chi connectivity index (χ0v) is 12.3. The Labute approximate surface area is 124 Å². The number of nitrogens with zero attached hydrogens (tertiary/aromatic N) is 2. The highest BCUT2D eigenvalue weighted by molar-refractivity contribution is 5.93. The number of pyridine rings is 1. The van der Waals surface area contributed by atoms with Crippen LogP contribution in [0, 0.1) is 6.92 Å². The highest BCUT2D eigenvalue weighted by atomic mass is 16.2. The number of hydrazine groups is 1. The third-order valence-electron chi connectivity index (χ3n) is 3.36. The summed E-state index contributed by atoms with van der Waals surface area (Å²) in [5.41, 5.74) is 5.46. The minimum Gasteiger partial charge on any atom is -0.341 e. The minimum atomic E-state index is -0.0433. The zero-order chi connectivity index (χ0) is 15.2. The number of nitrogen functional groups attached to an aromatic ring is 1. The van der Waals surface area contributed by atoms with Crippen molar-refractivity contribution in [1.29, 1.82) is 0 Å². The van der Waals surface area contributed by atoms with Crippen LogP contribution in [0.25, 0.3) is 0 Å². The Bertz CT molecular complexity index is 593. The van der Waals surface area contributed by atoms with E-state index in [0.717, 1.165) is 6.42 Å². The molecule has 2 aromatic rings. The van der Waals surface area contributed by atoms with Gasteiger partial charge in [0.15, 0.2) is 0 Å². The minimum absolute atomic E-state index is 0.0433. The SMILES string of the molecule is Cc1ccc(CCN(C)C(=O)c2ccc(NN)nc2)cc1. The molecule has 0 unspecified atom stereocenters. The summed E-state index contributed by atoms with van der Waals surface area (Å²) >= 11 is 0. The molecule has 1 heterocycles. The molecular formula is C16H20N4O. The Balaban J connectivity index is 1.93. The van der Waals surface area contributed by atoms with E-state index in [9.17, 15) is 4.79 Å². The zero-order valence-electron chi connectivity index (χ0n) is 12.3. The van der Waals surface area contributed by atoms with Gasteiger partial charge < -0.3 is 10.3 Å². The summed E-state index contributed by atoms with van der Waals surface area (Å²) in [6.07, 6.45) is 2.36. The van der Waals surface area contributed by atoms with Crippen LogP contribution in [-0.2, 0) is 6.42 Å². The molecule has 1 amide bonds. The molecule has 0 aliphatic rings. The number of rotatable bonds is 5. The van der Waals surface area contributed by atoms with Crippen molar-refractivity contribution in [3.05, 3.63) is 59.3 Å². The normalized spacial score (nSPS) is 10.2. The lowest BCUT2D eigenvalue weighted by atomic mass is 10.1. The number of aryl methyl sites for hydroxylation is 1. The van der Waals surface area contributed by atoms with E-state index in [1.165, 1.54) is 17.3 Å². The van der Waals surface area contributed by atoms with E-state index in [1.807, 2.05) is 0 Å². The topological polar surface area (TPSA) is 71.2 Å². The van der Waals surface area contributed by atoms with E-state index in [0.29, 0.717) is 17.9 Å². The first-order valence-electron chi connectivity index (χ1n) is 6.84. The van der Waals surface area contributed by atoms with Crippen molar-refractivity contribution in [2.75, 3.05) is 19.0 Å². The fourth-order valence-electron chi connectivity index (χ4n) is 1.98. The van der Waals surface area contributed by atoms with Crippen molar-refractivity contribution in [3.63, 3.8) is 0 Å². The average molecular weight is 284 g/mol. The fraction of sp³-hybridized carbons (Fsp3) is 0.250. The molecule has 21 heavy (non-hydrogen) atoms. The van der Waals surface area contributed by atoms with Crippen molar-refractivity contribution in [3.8, 4) is 0 Å². The molecule has 0 bridgehead atoms. The van der Waals surface area contributed by atoms with Crippen LogP contribution in [0.4, 0.5) is 5.82 Å². The number of carbonyl (C=O) groups excluding carboxylic acids is 1. The molecule has 0 atom stereocenters. The molecule has 3 N–H and O–H groups in total. The third kappa shape index (κ3) is 4.03. The van der Waals surface area contributed by atoms with Crippen molar-refractivity contribution >= 4 is 11.7 Å².